The summed E-state index contributed by atoms with van der Waals surface area (Å²) >= 11 is 0. The molecule has 94 valence electrons. The van der Waals surface area contributed by atoms with Crippen LogP contribution in [0.15, 0.2) is 24.3 Å². The van der Waals surface area contributed by atoms with Crippen molar-refractivity contribution in [3.05, 3.63) is 29.8 Å². The highest BCUT2D eigenvalue weighted by Gasteiger charge is 2.16. The Kier molecular flexibility index (Phi) is 4.40. The van der Waals surface area contributed by atoms with E-state index in [1.54, 1.807) is 7.11 Å². The van der Waals surface area contributed by atoms with E-state index in [4.69, 9.17) is 9.47 Å². The van der Waals surface area contributed by atoms with Gasteiger partial charge in [-0.1, -0.05) is 12.1 Å². The molecule has 2 atom stereocenters. The summed E-state index contributed by atoms with van der Waals surface area (Å²) in [6.45, 7) is 4.02. The van der Waals surface area contributed by atoms with Crippen LogP contribution in [0.3, 0.4) is 0 Å². The highest BCUT2D eigenvalue weighted by Crippen LogP contribution is 2.19. The largest absolute Gasteiger partial charge is 0.497 e. The van der Waals surface area contributed by atoms with Gasteiger partial charge in [-0.15, -0.1) is 0 Å². The molecule has 0 spiro atoms. The van der Waals surface area contributed by atoms with Crippen LogP contribution in [0.1, 0.15) is 31.4 Å². The maximum Gasteiger partial charge on any atom is 0.119 e. The average molecular weight is 235 g/mol. The second kappa shape index (κ2) is 6.03. The van der Waals surface area contributed by atoms with E-state index in [2.05, 4.69) is 24.4 Å². The summed E-state index contributed by atoms with van der Waals surface area (Å²) < 4.78 is 10.8. The quantitative estimate of drug-likeness (QED) is 0.850. The summed E-state index contributed by atoms with van der Waals surface area (Å²) in [5, 5.41) is 3.51. The zero-order valence-corrected chi connectivity index (χ0v) is 10.6. The van der Waals surface area contributed by atoms with Crippen molar-refractivity contribution in [2.75, 3.05) is 20.3 Å². The van der Waals surface area contributed by atoms with E-state index in [0.29, 0.717) is 12.1 Å². The fourth-order valence-electron chi connectivity index (χ4n) is 2.14. The second-order valence-electron chi connectivity index (χ2n) is 4.54. The minimum Gasteiger partial charge on any atom is -0.497 e. The van der Waals surface area contributed by atoms with E-state index < -0.39 is 0 Å². The van der Waals surface area contributed by atoms with Crippen LogP contribution in [0.25, 0.3) is 0 Å². The number of nitrogens with one attached hydrogen (secondary N) is 1. The summed E-state index contributed by atoms with van der Waals surface area (Å²) in [4.78, 5) is 0. The molecule has 17 heavy (non-hydrogen) atoms. The predicted octanol–water partition coefficient (Wildman–Crippen LogP) is 2.52. The lowest BCUT2D eigenvalue weighted by Gasteiger charge is -2.17. The van der Waals surface area contributed by atoms with Crippen LogP contribution in [0.4, 0.5) is 0 Å². The number of hydrogen-bond acceptors (Lipinski definition) is 3. The molecule has 0 amide bonds. The molecule has 1 aromatic carbocycles. The lowest BCUT2D eigenvalue weighted by atomic mass is 10.1. The molecule has 1 saturated heterocycles. The summed E-state index contributed by atoms with van der Waals surface area (Å²) in [5.74, 6) is 0.910. The zero-order chi connectivity index (χ0) is 12.1. The van der Waals surface area contributed by atoms with Crippen LogP contribution in [0, 0.1) is 0 Å². The first-order chi connectivity index (χ1) is 8.29. The van der Waals surface area contributed by atoms with Gasteiger partial charge in [0.1, 0.15) is 5.75 Å². The van der Waals surface area contributed by atoms with Crippen molar-refractivity contribution in [3.8, 4) is 5.75 Å². The Morgan fingerprint density at radius 2 is 2.41 bits per heavy atom. The molecule has 1 heterocycles. The molecule has 0 saturated carbocycles. The standard InChI is InChI=1S/C14H21NO2/c1-11(15-10-14-7-4-8-17-14)12-5-3-6-13(9-12)16-2/h3,5-6,9,11,14-15H,4,7-8,10H2,1-2H3/t11-,14+/m1/s1. The Bertz CT molecular complexity index is 348. The third kappa shape index (κ3) is 3.45. The summed E-state index contributed by atoms with van der Waals surface area (Å²) in [7, 11) is 1.70. The molecule has 1 N–H and O–H groups in total. The normalized spacial score (nSPS) is 21.4. The highest BCUT2D eigenvalue weighted by atomic mass is 16.5. The van der Waals surface area contributed by atoms with Crippen LogP contribution in [0.5, 0.6) is 5.75 Å². The van der Waals surface area contributed by atoms with Crippen LogP contribution >= 0.6 is 0 Å². The third-order valence-electron chi connectivity index (χ3n) is 3.27. The number of hydrogen-bond donors (Lipinski definition) is 1. The first-order valence-corrected chi connectivity index (χ1v) is 6.28. The molecule has 0 aromatic heterocycles. The molecule has 0 bridgehead atoms. The molecule has 1 aliphatic heterocycles. The summed E-state index contributed by atoms with van der Waals surface area (Å²) in [6, 6.07) is 8.52. The SMILES string of the molecule is COc1cccc([C@@H](C)NC[C@@H]2CCCO2)c1. The molecular weight excluding hydrogens is 214 g/mol. The molecule has 2 rings (SSSR count). The van der Waals surface area contributed by atoms with Crippen molar-refractivity contribution in [2.45, 2.75) is 31.9 Å². The minimum atomic E-state index is 0.328. The van der Waals surface area contributed by atoms with E-state index >= 15 is 0 Å². The summed E-state index contributed by atoms with van der Waals surface area (Å²) in [6.07, 6.45) is 2.76. The summed E-state index contributed by atoms with van der Waals surface area (Å²) in [5.41, 5.74) is 1.25. The van der Waals surface area contributed by atoms with Gasteiger partial charge in [-0.25, -0.2) is 0 Å². The van der Waals surface area contributed by atoms with Crippen molar-refractivity contribution in [1.82, 2.24) is 5.32 Å². The van der Waals surface area contributed by atoms with Gasteiger partial charge in [0.2, 0.25) is 0 Å². The zero-order valence-electron chi connectivity index (χ0n) is 10.6. The van der Waals surface area contributed by atoms with Gasteiger partial charge in [0.05, 0.1) is 13.2 Å². The van der Waals surface area contributed by atoms with E-state index in [9.17, 15) is 0 Å². The fraction of sp³-hybridized carbons (Fsp3) is 0.571. The van der Waals surface area contributed by atoms with Gasteiger partial charge in [0.15, 0.2) is 0 Å². The number of rotatable bonds is 5. The predicted molar refractivity (Wildman–Crippen MR) is 68.4 cm³/mol. The molecule has 0 radical (unpaired) electrons. The van der Waals surface area contributed by atoms with Gasteiger partial charge < -0.3 is 14.8 Å². The molecule has 1 aliphatic rings. The van der Waals surface area contributed by atoms with Gasteiger partial charge >= 0.3 is 0 Å². The molecule has 0 unspecified atom stereocenters. The van der Waals surface area contributed by atoms with E-state index in [1.165, 1.54) is 18.4 Å². The minimum absolute atomic E-state index is 0.328. The van der Waals surface area contributed by atoms with Crippen LogP contribution in [0.2, 0.25) is 0 Å². The van der Waals surface area contributed by atoms with Gasteiger partial charge in [0.25, 0.3) is 0 Å². The van der Waals surface area contributed by atoms with Crippen molar-refractivity contribution < 1.29 is 9.47 Å². The van der Waals surface area contributed by atoms with Crippen molar-refractivity contribution in [3.63, 3.8) is 0 Å². The van der Waals surface area contributed by atoms with Crippen LogP contribution < -0.4 is 10.1 Å². The first kappa shape index (κ1) is 12.4. The molecular formula is C14H21NO2. The van der Waals surface area contributed by atoms with Crippen LogP contribution in [-0.4, -0.2) is 26.4 Å². The number of benzene rings is 1. The van der Waals surface area contributed by atoms with Crippen molar-refractivity contribution >= 4 is 0 Å². The van der Waals surface area contributed by atoms with E-state index in [0.717, 1.165) is 18.9 Å². The highest BCUT2D eigenvalue weighted by molar-refractivity contribution is 5.30. The van der Waals surface area contributed by atoms with Crippen molar-refractivity contribution in [1.29, 1.82) is 0 Å². The maximum atomic E-state index is 5.60. The van der Waals surface area contributed by atoms with E-state index in [-0.39, 0.29) is 0 Å². The second-order valence-corrected chi connectivity index (χ2v) is 4.54. The molecule has 3 heteroatoms. The molecule has 0 aliphatic carbocycles. The first-order valence-electron chi connectivity index (χ1n) is 6.28. The Morgan fingerprint density at radius 1 is 1.53 bits per heavy atom. The van der Waals surface area contributed by atoms with Gasteiger partial charge in [-0.05, 0) is 37.5 Å². The Morgan fingerprint density at radius 3 is 3.12 bits per heavy atom. The Balaban J connectivity index is 1.87. The smallest absolute Gasteiger partial charge is 0.119 e. The number of ether oxygens (including phenoxy) is 2. The topological polar surface area (TPSA) is 30.5 Å². The monoisotopic (exact) mass is 235 g/mol. The van der Waals surface area contributed by atoms with Crippen molar-refractivity contribution in [2.24, 2.45) is 0 Å². The van der Waals surface area contributed by atoms with Gasteiger partial charge in [0, 0.05) is 19.2 Å². The molecule has 3 nitrogen and oxygen atoms in total. The molecule has 1 fully saturated rings. The van der Waals surface area contributed by atoms with Gasteiger partial charge in [-0.3, -0.25) is 0 Å². The number of methoxy groups -OCH3 is 1. The Labute approximate surface area is 103 Å². The average Bonchev–Trinajstić information content (AvgIpc) is 2.89. The lowest BCUT2D eigenvalue weighted by Crippen LogP contribution is -2.28. The Hall–Kier alpha value is -1.06. The van der Waals surface area contributed by atoms with Gasteiger partial charge in [-0.2, -0.15) is 0 Å². The molecule has 1 aromatic rings. The van der Waals surface area contributed by atoms with E-state index in [1.807, 2.05) is 12.1 Å². The van der Waals surface area contributed by atoms with Crippen LogP contribution in [-0.2, 0) is 4.74 Å². The maximum absolute atomic E-state index is 5.60. The third-order valence-corrected chi connectivity index (χ3v) is 3.27. The fourth-order valence-corrected chi connectivity index (χ4v) is 2.14. The lowest BCUT2D eigenvalue weighted by molar-refractivity contribution is 0.108.